The average Bonchev–Trinajstić information content (AvgIpc) is 2.51. The van der Waals surface area contributed by atoms with Gasteiger partial charge in [-0.15, -0.1) is 0 Å². The molecule has 0 radical (unpaired) electrons. The number of aromatic nitrogens is 3. The maximum Gasteiger partial charge on any atom is 0.0270 e. The topological polar surface area (TPSA) is 38.7 Å². The van der Waals surface area contributed by atoms with Crippen molar-refractivity contribution < 1.29 is 0 Å². The van der Waals surface area contributed by atoms with Crippen molar-refractivity contribution in [3.8, 4) is 0 Å². The fourth-order valence-corrected chi connectivity index (χ4v) is 1.28. The van der Waals surface area contributed by atoms with Gasteiger partial charge in [0, 0.05) is 37.2 Å². The molecular formula is C18H21N3. The van der Waals surface area contributed by atoms with Crippen molar-refractivity contribution in [3.05, 3.63) is 90.3 Å². The molecule has 3 aromatic heterocycles. The monoisotopic (exact) mass is 279 g/mol. The van der Waals surface area contributed by atoms with Crippen LogP contribution in [-0.4, -0.2) is 15.0 Å². The Hall–Kier alpha value is -2.55. The van der Waals surface area contributed by atoms with Gasteiger partial charge in [-0.2, -0.15) is 0 Å². The molecule has 3 aromatic rings. The summed E-state index contributed by atoms with van der Waals surface area (Å²) < 4.78 is 0. The molecule has 108 valence electrons. The van der Waals surface area contributed by atoms with Crippen molar-refractivity contribution in [2.24, 2.45) is 0 Å². The maximum absolute atomic E-state index is 3.85. The van der Waals surface area contributed by atoms with Gasteiger partial charge in [-0.1, -0.05) is 0 Å². The summed E-state index contributed by atoms with van der Waals surface area (Å²) in [4.78, 5) is 11.5. The normalized spacial score (nSPS) is 8.71. The molecule has 0 amide bonds. The molecule has 0 fully saturated rings. The zero-order valence-electron chi connectivity index (χ0n) is 12.8. The van der Waals surface area contributed by atoms with Crippen molar-refractivity contribution in [1.29, 1.82) is 0 Å². The molecule has 0 unspecified atom stereocenters. The van der Waals surface area contributed by atoms with E-state index in [0.29, 0.717) is 0 Å². The molecule has 0 atom stereocenters. The molecule has 0 aliphatic rings. The highest BCUT2D eigenvalue weighted by Gasteiger charge is 1.74. The van der Waals surface area contributed by atoms with E-state index >= 15 is 0 Å². The summed E-state index contributed by atoms with van der Waals surface area (Å²) >= 11 is 0. The number of hydrogen-bond acceptors (Lipinski definition) is 3. The molecule has 0 spiro atoms. The van der Waals surface area contributed by atoms with Crippen LogP contribution in [0.25, 0.3) is 0 Å². The van der Waals surface area contributed by atoms with Crippen molar-refractivity contribution >= 4 is 0 Å². The van der Waals surface area contributed by atoms with E-state index in [9.17, 15) is 0 Å². The Morgan fingerprint density at radius 2 is 0.619 bits per heavy atom. The minimum atomic E-state index is 1.26. The second kappa shape index (κ2) is 10.3. The lowest BCUT2D eigenvalue weighted by molar-refractivity contribution is 1.29. The molecule has 3 rings (SSSR count). The Bertz CT molecular complexity index is 491. The SMILES string of the molecule is Cc1ccncc1.Cc1ccncc1.Cc1ccncc1. The van der Waals surface area contributed by atoms with Gasteiger partial charge in [-0.05, 0) is 73.9 Å². The Morgan fingerprint density at radius 1 is 0.429 bits per heavy atom. The minimum Gasteiger partial charge on any atom is -0.265 e. The lowest BCUT2D eigenvalue weighted by Crippen LogP contribution is -1.68. The first-order chi connectivity index (χ1) is 10.2. The molecule has 0 aromatic carbocycles. The summed E-state index contributed by atoms with van der Waals surface area (Å²) in [6.45, 7) is 6.13. The first-order valence-corrected chi connectivity index (χ1v) is 6.78. The number of rotatable bonds is 0. The van der Waals surface area contributed by atoms with Gasteiger partial charge < -0.3 is 0 Å². The van der Waals surface area contributed by atoms with Crippen LogP contribution in [-0.2, 0) is 0 Å². The number of aryl methyl sites for hydroxylation is 3. The van der Waals surface area contributed by atoms with Crippen LogP contribution in [0.5, 0.6) is 0 Å². The predicted molar refractivity (Wildman–Crippen MR) is 86.9 cm³/mol. The Kier molecular flexibility index (Phi) is 8.07. The molecule has 3 heteroatoms. The van der Waals surface area contributed by atoms with Gasteiger partial charge in [-0.3, -0.25) is 15.0 Å². The van der Waals surface area contributed by atoms with Crippen molar-refractivity contribution in [1.82, 2.24) is 15.0 Å². The summed E-state index contributed by atoms with van der Waals surface area (Å²) in [6, 6.07) is 11.8. The van der Waals surface area contributed by atoms with Gasteiger partial charge in [0.1, 0.15) is 0 Å². The van der Waals surface area contributed by atoms with Gasteiger partial charge in [0.05, 0.1) is 0 Å². The van der Waals surface area contributed by atoms with Crippen LogP contribution in [0.15, 0.2) is 73.6 Å². The van der Waals surface area contributed by atoms with Crippen LogP contribution in [0.2, 0.25) is 0 Å². The van der Waals surface area contributed by atoms with Crippen molar-refractivity contribution in [3.63, 3.8) is 0 Å². The number of nitrogens with zero attached hydrogens (tertiary/aromatic N) is 3. The molecule has 0 bridgehead atoms. The molecule has 0 saturated carbocycles. The highest BCUT2D eigenvalue weighted by atomic mass is 14.6. The highest BCUT2D eigenvalue weighted by molar-refractivity contribution is 5.06. The molecule has 3 heterocycles. The zero-order chi connectivity index (χ0) is 15.3. The largest absolute Gasteiger partial charge is 0.265 e. The minimum absolute atomic E-state index is 1.26. The van der Waals surface area contributed by atoms with Crippen molar-refractivity contribution in [2.45, 2.75) is 20.8 Å². The second-order valence-electron chi connectivity index (χ2n) is 4.57. The molecular weight excluding hydrogens is 258 g/mol. The van der Waals surface area contributed by atoms with E-state index in [-0.39, 0.29) is 0 Å². The van der Waals surface area contributed by atoms with Crippen LogP contribution in [0.4, 0.5) is 0 Å². The highest BCUT2D eigenvalue weighted by Crippen LogP contribution is 1.90. The molecule has 0 saturated heterocycles. The molecule has 0 N–H and O–H groups in total. The Morgan fingerprint density at radius 3 is 0.714 bits per heavy atom. The molecule has 21 heavy (non-hydrogen) atoms. The molecule has 3 nitrogen and oxygen atoms in total. The van der Waals surface area contributed by atoms with Crippen LogP contribution < -0.4 is 0 Å². The van der Waals surface area contributed by atoms with Crippen LogP contribution >= 0.6 is 0 Å². The zero-order valence-corrected chi connectivity index (χ0v) is 12.8. The van der Waals surface area contributed by atoms with Crippen LogP contribution in [0.3, 0.4) is 0 Å². The third kappa shape index (κ3) is 9.05. The van der Waals surface area contributed by atoms with Crippen LogP contribution in [0, 0.1) is 20.8 Å². The van der Waals surface area contributed by atoms with E-state index in [4.69, 9.17) is 0 Å². The van der Waals surface area contributed by atoms with Gasteiger partial charge in [0.25, 0.3) is 0 Å². The van der Waals surface area contributed by atoms with E-state index in [1.54, 1.807) is 37.2 Å². The lowest BCUT2D eigenvalue weighted by atomic mass is 10.3. The smallest absolute Gasteiger partial charge is 0.0270 e. The molecule has 0 aliphatic carbocycles. The third-order valence-electron chi connectivity index (χ3n) is 2.54. The molecule has 0 aliphatic heterocycles. The van der Waals surface area contributed by atoms with Crippen molar-refractivity contribution in [2.75, 3.05) is 0 Å². The second-order valence-corrected chi connectivity index (χ2v) is 4.57. The predicted octanol–water partition coefficient (Wildman–Crippen LogP) is 4.17. The average molecular weight is 279 g/mol. The number of pyridine rings is 3. The summed E-state index contributed by atoms with van der Waals surface area (Å²) in [5.74, 6) is 0. The van der Waals surface area contributed by atoms with Gasteiger partial charge in [-0.25, -0.2) is 0 Å². The number of hydrogen-bond donors (Lipinski definition) is 0. The summed E-state index contributed by atoms with van der Waals surface area (Å²) in [7, 11) is 0. The maximum atomic E-state index is 3.85. The standard InChI is InChI=1S/3C6H7N/c3*1-6-2-4-7-5-3-6/h3*2-5H,1H3. The van der Waals surface area contributed by atoms with Gasteiger partial charge >= 0.3 is 0 Å². The van der Waals surface area contributed by atoms with E-state index in [1.807, 2.05) is 57.2 Å². The third-order valence-corrected chi connectivity index (χ3v) is 2.54. The van der Waals surface area contributed by atoms with E-state index in [1.165, 1.54) is 16.7 Å². The van der Waals surface area contributed by atoms with E-state index in [2.05, 4.69) is 15.0 Å². The summed E-state index contributed by atoms with van der Waals surface area (Å²) in [6.07, 6.45) is 10.7. The fourth-order valence-electron chi connectivity index (χ4n) is 1.28. The first kappa shape index (κ1) is 16.5. The van der Waals surface area contributed by atoms with Crippen LogP contribution in [0.1, 0.15) is 16.7 Å². The van der Waals surface area contributed by atoms with Gasteiger partial charge in [0.2, 0.25) is 0 Å². The Balaban J connectivity index is 0.000000157. The Labute approximate surface area is 126 Å². The quantitative estimate of drug-likeness (QED) is 0.620. The van der Waals surface area contributed by atoms with E-state index < -0.39 is 0 Å². The lowest BCUT2D eigenvalue weighted by Gasteiger charge is -1.82. The fraction of sp³-hybridized carbons (Fsp3) is 0.167. The van der Waals surface area contributed by atoms with Gasteiger partial charge in [0.15, 0.2) is 0 Å². The summed E-state index contributed by atoms with van der Waals surface area (Å²) in [5, 5.41) is 0. The summed E-state index contributed by atoms with van der Waals surface area (Å²) in [5.41, 5.74) is 3.78. The van der Waals surface area contributed by atoms with E-state index in [0.717, 1.165) is 0 Å². The first-order valence-electron chi connectivity index (χ1n) is 6.78.